The van der Waals surface area contributed by atoms with Crippen LogP contribution in [-0.2, 0) is 0 Å². The maximum absolute atomic E-state index is 11.2. The van der Waals surface area contributed by atoms with Gasteiger partial charge in [0.15, 0.2) is 0 Å². The van der Waals surface area contributed by atoms with Crippen molar-refractivity contribution >= 4 is 46.4 Å². The fourth-order valence-electron chi connectivity index (χ4n) is 7.58. The summed E-state index contributed by atoms with van der Waals surface area (Å²) in [5.74, 6) is 0.189. The van der Waals surface area contributed by atoms with Crippen molar-refractivity contribution in [1.29, 1.82) is 0 Å². The van der Waals surface area contributed by atoms with Crippen molar-refractivity contribution in [2.24, 2.45) is 0 Å². The molecule has 5 heterocycles. The number of hydrogen-bond donors (Lipinski definition) is 3. The van der Waals surface area contributed by atoms with Gasteiger partial charge in [0.2, 0.25) is 0 Å². The summed E-state index contributed by atoms with van der Waals surface area (Å²) in [5, 5.41) is 11.2. The van der Waals surface area contributed by atoms with Crippen LogP contribution in [0.2, 0.25) is 0 Å². The number of fused-ring (bicyclic) bond motifs is 8. The molecule has 3 N–H and O–H groups in total. The topological polar surface area (TPSA) is 77.6 Å². The van der Waals surface area contributed by atoms with Crippen molar-refractivity contribution in [2.75, 3.05) is 0 Å². The second-order valence-electron chi connectivity index (χ2n) is 13.5. The maximum Gasteiger partial charge on any atom is 0.123 e. The van der Waals surface area contributed by atoms with E-state index < -0.39 is 0 Å². The molecule has 0 unspecified atom stereocenters. The molecule has 0 amide bonds. The van der Waals surface area contributed by atoms with Gasteiger partial charge in [0.1, 0.15) is 5.75 Å². The second kappa shape index (κ2) is 12.6. The van der Waals surface area contributed by atoms with Gasteiger partial charge in [-0.1, -0.05) is 91.0 Å². The average Bonchev–Trinajstić information content (AvgIpc) is 3.99. The van der Waals surface area contributed by atoms with Crippen LogP contribution >= 0.6 is 0 Å². The van der Waals surface area contributed by atoms with Gasteiger partial charge >= 0.3 is 0 Å². The van der Waals surface area contributed by atoms with Crippen molar-refractivity contribution in [1.82, 2.24) is 19.9 Å². The Kier molecular flexibility index (Phi) is 7.55. The Morgan fingerprint density at radius 1 is 0.365 bits per heavy atom. The molecule has 8 bridgehead atoms. The molecule has 4 aromatic carbocycles. The molecule has 52 heavy (non-hydrogen) atoms. The molecule has 5 heteroatoms. The lowest BCUT2D eigenvalue weighted by Gasteiger charge is -2.10. The zero-order valence-corrected chi connectivity index (χ0v) is 29.2. The number of aryl methyl sites for hydroxylation is 3. The summed E-state index contributed by atoms with van der Waals surface area (Å²) in [6.07, 6.45) is 8.40. The quantitative estimate of drug-likeness (QED) is 0.174. The van der Waals surface area contributed by atoms with Gasteiger partial charge < -0.3 is 15.1 Å². The summed E-state index contributed by atoms with van der Waals surface area (Å²) >= 11 is 0. The predicted octanol–water partition coefficient (Wildman–Crippen LogP) is 12.0. The first-order valence-electron chi connectivity index (χ1n) is 17.6. The van der Waals surface area contributed by atoms with E-state index in [0.717, 1.165) is 94.9 Å². The number of para-hydroxylation sites is 1. The van der Waals surface area contributed by atoms with Gasteiger partial charge in [0.05, 0.1) is 22.8 Å². The Hall–Kier alpha value is -6.72. The molecule has 5 nitrogen and oxygen atoms in total. The fraction of sp³-hybridized carbons (Fsp3) is 0.0638. The molecule has 0 spiro atoms. The standard InChI is InChI=1S/C47H36N4O/c1-28-12-4-7-15-31(28)44-35-20-22-37(48-35)45(32-16-8-5-13-29(32)2)39-24-26-41(50-39)47(34-18-10-11-19-43(34)52)42-27-25-40(51-42)46(38-23-21-36(44)49-38)33-17-9-6-14-30(33)3/h4-27,48,51-52H,1-3H3. The molecule has 7 aromatic rings. The normalized spacial score (nSPS) is 12.1. The van der Waals surface area contributed by atoms with Crippen molar-refractivity contribution in [3.05, 3.63) is 161 Å². The van der Waals surface area contributed by atoms with Crippen LogP contribution in [0.15, 0.2) is 121 Å². The minimum Gasteiger partial charge on any atom is -0.507 e. The first-order chi connectivity index (χ1) is 25.4. The number of phenols is 1. The Bertz CT molecular complexity index is 2420. The SMILES string of the molecule is Cc1ccccc1-c1c2nc(c(-c3ccccc3C)c3ccc([nH]3)c(-c3ccccc3O)c3nc(c(-c4ccccc4C)c4ccc1[nH]4)C=C3)C=C2. The Morgan fingerprint density at radius 3 is 0.981 bits per heavy atom. The smallest absolute Gasteiger partial charge is 0.123 e. The largest absolute Gasteiger partial charge is 0.507 e. The Labute approximate surface area is 302 Å². The molecule has 0 atom stereocenters. The highest BCUT2D eigenvalue weighted by atomic mass is 16.3. The number of nitrogens with one attached hydrogen (secondary N) is 2. The predicted molar refractivity (Wildman–Crippen MR) is 216 cm³/mol. The van der Waals surface area contributed by atoms with Gasteiger partial charge in [-0.3, -0.25) is 0 Å². The van der Waals surface area contributed by atoms with Gasteiger partial charge in [-0.2, -0.15) is 0 Å². The third kappa shape index (κ3) is 5.26. The number of nitrogens with zero attached hydrogens (tertiary/aromatic N) is 2. The van der Waals surface area contributed by atoms with Crippen LogP contribution < -0.4 is 0 Å². The lowest BCUT2D eigenvalue weighted by Crippen LogP contribution is -1.92. The number of aromatic nitrogens is 4. The summed E-state index contributed by atoms with van der Waals surface area (Å²) in [5.41, 5.74) is 18.4. The van der Waals surface area contributed by atoms with Gasteiger partial charge in [-0.05, 0) is 109 Å². The maximum atomic E-state index is 11.2. The number of aromatic hydroxyl groups is 1. The van der Waals surface area contributed by atoms with E-state index >= 15 is 0 Å². The third-order valence-electron chi connectivity index (χ3n) is 10.2. The monoisotopic (exact) mass is 672 g/mol. The fourth-order valence-corrected chi connectivity index (χ4v) is 7.58. The number of benzene rings is 4. The van der Waals surface area contributed by atoms with E-state index in [2.05, 4.69) is 152 Å². The highest BCUT2D eigenvalue weighted by Gasteiger charge is 2.21. The molecule has 0 aliphatic carbocycles. The van der Waals surface area contributed by atoms with E-state index in [1.165, 1.54) is 5.56 Å². The van der Waals surface area contributed by atoms with Crippen LogP contribution in [0.1, 0.15) is 39.5 Å². The molecule has 2 aliphatic rings. The lowest BCUT2D eigenvalue weighted by atomic mass is 9.99. The van der Waals surface area contributed by atoms with E-state index in [0.29, 0.717) is 5.56 Å². The summed E-state index contributed by atoms with van der Waals surface area (Å²) < 4.78 is 0. The van der Waals surface area contributed by atoms with E-state index in [9.17, 15) is 5.11 Å². The summed E-state index contributed by atoms with van der Waals surface area (Å²) in [7, 11) is 0. The van der Waals surface area contributed by atoms with Crippen molar-refractivity contribution in [3.8, 4) is 50.3 Å². The molecule has 2 aliphatic heterocycles. The highest BCUT2D eigenvalue weighted by Crippen LogP contribution is 2.41. The second-order valence-corrected chi connectivity index (χ2v) is 13.5. The molecule has 3 aromatic heterocycles. The first-order valence-corrected chi connectivity index (χ1v) is 17.6. The number of phenolic OH excluding ortho intramolecular Hbond substituents is 1. The van der Waals surface area contributed by atoms with E-state index in [1.54, 1.807) is 6.07 Å². The molecular formula is C47H36N4O. The van der Waals surface area contributed by atoms with E-state index in [4.69, 9.17) is 9.97 Å². The molecule has 250 valence electrons. The van der Waals surface area contributed by atoms with Crippen molar-refractivity contribution < 1.29 is 5.11 Å². The van der Waals surface area contributed by atoms with Crippen LogP contribution in [-0.4, -0.2) is 25.0 Å². The van der Waals surface area contributed by atoms with Crippen LogP contribution in [0.3, 0.4) is 0 Å². The molecule has 0 fully saturated rings. The van der Waals surface area contributed by atoms with Gasteiger partial charge in [-0.15, -0.1) is 0 Å². The average molecular weight is 673 g/mol. The first kappa shape index (κ1) is 31.3. The molecular weight excluding hydrogens is 637 g/mol. The summed E-state index contributed by atoms with van der Waals surface area (Å²) in [6, 6.07) is 41.3. The van der Waals surface area contributed by atoms with Crippen LogP contribution in [0.5, 0.6) is 5.75 Å². The van der Waals surface area contributed by atoms with E-state index in [1.807, 2.05) is 18.2 Å². The number of aromatic amines is 2. The molecule has 0 saturated heterocycles. The minimum absolute atomic E-state index is 0.189. The Balaban J connectivity index is 1.51. The van der Waals surface area contributed by atoms with E-state index in [-0.39, 0.29) is 5.75 Å². The molecule has 0 radical (unpaired) electrons. The highest BCUT2D eigenvalue weighted by molar-refractivity contribution is 6.00. The third-order valence-corrected chi connectivity index (χ3v) is 10.2. The molecule has 0 saturated carbocycles. The van der Waals surface area contributed by atoms with Crippen molar-refractivity contribution in [3.63, 3.8) is 0 Å². The summed E-state index contributed by atoms with van der Waals surface area (Å²) in [6.45, 7) is 6.43. The van der Waals surface area contributed by atoms with Crippen molar-refractivity contribution in [2.45, 2.75) is 20.8 Å². The minimum atomic E-state index is 0.189. The number of hydrogen-bond acceptors (Lipinski definition) is 3. The van der Waals surface area contributed by atoms with Crippen LogP contribution in [0.25, 0.3) is 90.9 Å². The number of rotatable bonds is 4. The van der Waals surface area contributed by atoms with Gasteiger partial charge in [-0.25, -0.2) is 9.97 Å². The lowest BCUT2D eigenvalue weighted by molar-refractivity contribution is 0.477. The van der Waals surface area contributed by atoms with Gasteiger partial charge in [0, 0.05) is 49.9 Å². The Morgan fingerprint density at radius 2 is 0.654 bits per heavy atom. The van der Waals surface area contributed by atoms with Crippen LogP contribution in [0.4, 0.5) is 0 Å². The molecule has 9 rings (SSSR count). The summed E-state index contributed by atoms with van der Waals surface area (Å²) in [4.78, 5) is 18.4. The zero-order valence-electron chi connectivity index (χ0n) is 29.2. The van der Waals surface area contributed by atoms with Crippen LogP contribution in [0, 0.1) is 20.8 Å². The zero-order chi connectivity index (χ0) is 35.3. The number of H-pyrrole nitrogens is 2. The van der Waals surface area contributed by atoms with Gasteiger partial charge in [0.25, 0.3) is 0 Å².